The highest BCUT2D eigenvalue weighted by molar-refractivity contribution is 14.1. The second kappa shape index (κ2) is 7.53. The summed E-state index contributed by atoms with van der Waals surface area (Å²) in [6, 6.07) is 7.65. The van der Waals surface area contributed by atoms with Crippen molar-refractivity contribution in [2.75, 3.05) is 7.11 Å². The molecule has 1 atom stereocenters. The molecule has 0 aromatic heterocycles. The van der Waals surface area contributed by atoms with Crippen LogP contribution in [0.5, 0.6) is 5.75 Å². The van der Waals surface area contributed by atoms with Gasteiger partial charge in [0.2, 0.25) is 0 Å². The van der Waals surface area contributed by atoms with Gasteiger partial charge in [-0.05, 0) is 47.6 Å². The SMILES string of the molecule is CCCCC(Oc1ccccc1I)C(=O)OC. The number of hydrogen-bond donors (Lipinski definition) is 0. The van der Waals surface area contributed by atoms with E-state index in [1.54, 1.807) is 0 Å². The average molecular weight is 348 g/mol. The Kier molecular flexibility index (Phi) is 6.32. The molecule has 0 spiro atoms. The number of hydrogen-bond acceptors (Lipinski definition) is 3. The van der Waals surface area contributed by atoms with Crippen LogP contribution in [0.15, 0.2) is 24.3 Å². The number of methoxy groups -OCH3 is 1. The molecule has 0 saturated heterocycles. The van der Waals surface area contributed by atoms with Crippen molar-refractivity contribution in [1.82, 2.24) is 0 Å². The van der Waals surface area contributed by atoms with E-state index in [2.05, 4.69) is 29.5 Å². The Hall–Kier alpha value is -0.780. The second-order valence-electron chi connectivity index (χ2n) is 3.70. The maximum Gasteiger partial charge on any atom is 0.347 e. The van der Waals surface area contributed by atoms with Gasteiger partial charge in [0, 0.05) is 0 Å². The largest absolute Gasteiger partial charge is 0.478 e. The summed E-state index contributed by atoms with van der Waals surface area (Å²) in [7, 11) is 1.39. The molecule has 0 aliphatic heterocycles. The summed E-state index contributed by atoms with van der Waals surface area (Å²) in [6.45, 7) is 2.08. The van der Waals surface area contributed by atoms with Crippen molar-refractivity contribution in [3.05, 3.63) is 27.8 Å². The zero-order chi connectivity index (χ0) is 12.7. The highest BCUT2D eigenvalue weighted by Gasteiger charge is 2.21. The van der Waals surface area contributed by atoms with Gasteiger partial charge in [0.25, 0.3) is 0 Å². The van der Waals surface area contributed by atoms with Crippen LogP contribution in [0, 0.1) is 3.57 Å². The molecule has 4 heteroatoms. The summed E-state index contributed by atoms with van der Waals surface area (Å²) in [4.78, 5) is 11.6. The molecule has 0 aliphatic carbocycles. The lowest BCUT2D eigenvalue weighted by Crippen LogP contribution is -2.28. The van der Waals surface area contributed by atoms with Crippen LogP contribution in [-0.2, 0) is 9.53 Å². The van der Waals surface area contributed by atoms with E-state index in [1.807, 2.05) is 24.3 Å². The number of ether oxygens (including phenoxy) is 2. The van der Waals surface area contributed by atoms with Gasteiger partial charge in [-0.25, -0.2) is 4.79 Å². The van der Waals surface area contributed by atoms with Crippen LogP contribution in [0.2, 0.25) is 0 Å². The Morgan fingerprint density at radius 2 is 2.12 bits per heavy atom. The summed E-state index contributed by atoms with van der Waals surface area (Å²) in [6.07, 6.45) is 2.16. The lowest BCUT2D eigenvalue weighted by Gasteiger charge is -2.17. The standard InChI is InChI=1S/C13H17IO3/c1-3-4-8-12(13(15)16-2)17-11-9-6-5-7-10(11)14/h5-7,9,12H,3-4,8H2,1-2H3. The van der Waals surface area contributed by atoms with E-state index < -0.39 is 6.10 Å². The third-order valence-electron chi connectivity index (χ3n) is 2.39. The first kappa shape index (κ1) is 14.3. The third-order valence-corrected chi connectivity index (χ3v) is 3.28. The molecule has 1 rings (SSSR count). The van der Waals surface area contributed by atoms with Crippen LogP contribution in [-0.4, -0.2) is 19.2 Å². The minimum absolute atomic E-state index is 0.307. The zero-order valence-corrected chi connectivity index (χ0v) is 12.3. The molecule has 1 aromatic rings. The fourth-order valence-corrected chi connectivity index (χ4v) is 1.95. The molecule has 1 unspecified atom stereocenters. The van der Waals surface area contributed by atoms with Crippen molar-refractivity contribution in [2.24, 2.45) is 0 Å². The number of unbranched alkanes of at least 4 members (excludes halogenated alkanes) is 1. The van der Waals surface area contributed by atoms with Gasteiger partial charge in [-0.3, -0.25) is 0 Å². The smallest absolute Gasteiger partial charge is 0.347 e. The Balaban J connectivity index is 2.72. The second-order valence-corrected chi connectivity index (χ2v) is 4.86. The van der Waals surface area contributed by atoms with Gasteiger partial charge < -0.3 is 9.47 Å². The first-order valence-corrected chi connectivity index (χ1v) is 6.76. The summed E-state index contributed by atoms with van der Waals surface area (Å²) >= 11 is 2.19. The van der Waals surface area contributed by atoms with E-state index in [4.69, 9.17) is 9.47 Å². The van der Waals surface area contributed by atoms with Crippen LogP contribution in [0.3, 0.4) is 0 Å². The molecular formula is C13H17IO3. The Bertz CT molecular complexity index is 365. The molecule has 0 radical (unpaired) electrons. The molecule has 0 heterocycles. The number of carbonyl (C=O) groups excluding carboxylic acids is 1. The highest BCUT2D eigenvalue weighted by atomic mass is 127. The predicted octanol–water partition coefficient (Wildman–Crippen LogP) is 3.40. The van der Waals surface area contributed by atoms with Crippen molar-refractivity contribution < 1.29 is 14.3 Å². The van der Waals surface area contributed by atoms with Gasteiger partial charge in [-0.1, -0.05) is 25.5 Å². The minimum atomic E-state index is -0.504. The number of carbonyl (C=O) groups is 1. The number of benzene rings is 1. The van der Waals surface area contributed by atoms with Gasteiger partial charge in [-0.15, -0.1) is 0 Å². The summed E-state index contributed by atoms with van der Waals surface area (Å²) in [5.41, 5.74) is 0. The van der Waals surface area contributed by atoms with Gasteiger partial charge in [0.15, 0.2) is 6.10 Å². The topological polar surface area (TPSA) is 35.5 Å². The Morgan fingerprint density at radius 3 is 2.71 bits per heavy atom. The first-order valence-electron chi connectivity index (χ1n) is 5.68. The molecule has 0 N–H and O–H groups in total. The van der Waals surface area contributed by atoms with Gasteiger partial charge in [0.1, 0.15) is 5.75 Å². The fourth-order valence-electron chi connectivity index (χ4n) is 1.44. The molecule has 0 aliphatic rings. The van der Waals surface area contributed by atoms with E-state index in [-0.39, 0.29) is 5.97 Å². The summed E-state index contributed by atoms with van der Waals surface area (Å²) < 4.78 is 11.5. The van der Waals surface area contributed by atoms with Crippen LogP contribution >= 0.6 is 22.6 Å². The normalized spacial score (nSPS) is 11.9. The highest BCUT2D eigenvalue weighted by Crippen LogP contribution is 2.22. The number of para-hydroxylation sites is 1. The Labute approximate surface area is 116 Å². The molecule has 3 nitrogen and oxygen atoms in total. The number of rotatable bonds is 6. The predicted molar refractivity (Wildman–Crippen MR) is 75.1 cm³/mol. The third kappa shape index (κ3) is 4.53. The monoisotopic (exact) mass is 348 g/mol. The van der Waals surface area contributed by atoms with Crippen molar-refractivity contribution in [1.29, 1.82) is 0 Å². The molecule has 1 aromatic carbocycles. The molecule has 0 bridgehead atoms. The Morgan fingerprint density at radius 1 is 1.41 bits per heavy atom. The van der Waals surface area contributed by atoms with Crippen molar-refractivity contribution in [2.45, 2.75) is 32.3 Å². The van der Waals surface area contributed by atoms with E-state index in [1.165, 1.54) is 7.11 Å². The summed E-state index contributed by atoms with van der Waals surface area (Å²) in [5, 5.41) is 0. The van der Waals surface area contributed by atoms with E-state index in [0.29, 0.717) is 6.42 Å². The van der Waals surface area contributed by atoms with Crippen LogP contribution in [0.1, 0.15) is 26.2 Å². The van der Waals surface area contributed by atoms with Crippen LogP contribution in [0.4, 0.5) is 0 Å². The average Bonchev–Trinajstić information content (AvgIpc) is 2.35. The van der Waals surface area contributed by atoms with Crippen molar-refractivity contribution in [3.8, 4) is 5.75 Å². The number of halogens is 1. The van der Waals surface area contributed by atoms with Gasteiger partial charge in [0.05, 0.1) is 10.7 Å². The molecule has 0 fully saturated rings. The maximum absolute atomic E-state index is 11.6. The van der Waals surface area contributed by atoms with E-state index >= 15 is 0 Å². The van der Waals surface area contributed by atoms with Gasteiger partial charge >= 0.3 is 5.97 Å². The zero-order valence-electron chi connectivity index (χ0n) is 10.1. The fraction of sp³-hybridized carbons (Fsp3) is 0.462. The first-order chi connectivity index (χ1) is 8.19. The quantitative estimate of drug-likeness (QED) is 0.584. The van der Waals surface area contributed by atoms with Crippen LogP contribution in [0.25, 0.3) is 0 Å². The maximum atomic E-state index is 11.6. The lowest BCUT2D eigenvalue weighted by atomic mass is 10.1. The molecule has 94 valence electrons. The van der Waals surface area contributed by atoms with Crippen LogP contribution < -0.4 is 4.74 Å². The van der Waals surface area contributed by atoms with E-state index in [0.717, 1.165) is 22.2 Å². The number of esters is 1. The minimum Gasteiger partial charge on any atom is -0.478 e. The molecule has 0 amide bonds. The van der Waals surface area contributed by atoms with Gasteiger partial charge in [-0.2, -0.15) is 0 Å². The van der Waals surface area contributed by atoms with Crippen molar-refractivity contribution >= 4 is 28.6 Å². The van der Waals surface area contributed by atoms with Crippen molar-refractivity contribution in [3.63, 3.8) is 0 Å². The summed E-state index contributed by atoms with van der Waals surface area (Å²) in [5.74, 6) is 0.428. The van der Waals surface area contributed by atoms with E-state index in [9.17, 15) is 4.79 Å². The molecular weight excluding hydrogens is 331 g/mol. The molecule has 17 heavy (non-hydrogen) atoms. The lowest BCUT2D eigenvalue weighted by molar-refractivity contribution is -0.149. The molecule has 0 saturated carbocycles.